The standard InChI is InChI=1S/C9H19N3O/c1-2-6-11-7-3-4-9(13)12(11)8-5-10/h2-8,10H2,1H3. The lowest BCUT2D eigenvalue weighted by Gasteiger charge is -2.38. The van der Waals surface area contributed by atoms with Gasteiger partial charge in [0.15, 0.2) is 0 Å². The van der Waals surface area contributed by atoms with E-state index in [0.29, 0.717) is 19.5 Å². The van der Waals surface area contributed by atoms with Crippen LogP contribution in [0.5, 0.6) is 0 Å². The Kier molecular flexibility index (Phi) is 4.18. The quantitative estimate of drug-likeness (QED) is 0.680. The van der Waals surface area contributed by atoms with E-state index >= 15 is 0 Å². The summed E-state index contributed by atoms with van der Waals surface area (Å²) in [6.45, 7) is 5.30. The van der Waals surface area contributed by atoms with Crippen LogP contribution in [0, 0.1) is 0 Å². The fourth-order valence-corrected chi connectivity index (χ4v) is 1.70. The molecule has 1 aliphatic heterocycles. The Morgan fingerprint density at radius 2 is 2.23 bits per heavy atom. The Balaban J connectivity index is 2.51. The van der Waals surface area contributed by atoms with E-state index in [-0.39, 0.29) is 5.91 Å². The number of nitrogens with two attached hydrogens (primary N) is 1. The van der Waals surface area contributed by atoms with E-state index in [1.165, 1.54) is 0 Å². The van der Waals surface area contributed by atoms with Gasteiger partial charge in [0.25, 0.3) is 0 Å². The van der Waals surface area contributed by atoms with E-state index in [0.717, 1.165) is 25.9 Å². The summed E-state index contributed by atoms with van der Waals surface area (Å²) in [7, 11) is 0. The molecule has 0 saturated carbocycles. The number of carbonyl (C=O) groups is 1. The third-order valence-electron chi connectivity index (χ3n) is 2.26. The van der Waals surface area contributed by atoms with Gasteiger partial charge in [-0.1, -0.05) is 6.92 Å². The number of nitrogens with zero attached hydrogens (tertiary/aromatic N) is 2. The molecule has 0 aromatic heterocycles. The highest BCUT2D eigenvalue weighted by Gasteiger charge is 2.23. The number of rotatable bonds is 4. The number of hydrazine groups is 1. The Hall–Kier alpha value is -0.610. The van der Waals surface area contributed by atoms with Crippen molar-refractivity contribution in [1.82, 2.24) is 10.0 Å². The maximum Gasteiger partial charge on any atom is 0.236 e. The average Bonchev–Trinajstić information content (AvgIpc) is 2.11. The predicted octanol–water partition coefficient (Wildman–Crippen LogP) is 0.195. The second kappa shape index (κ2) is 5.19. The molecule has 1 aliphatic rings. The fourth-order valence-electron chi connectivity index (χ4n) is 1.70. The van der Waals surface area contributed by atoms with Gasteiger partial charge < -0.3 is 5.73 Å². The van der Waals surface area contributed by atoms with E-state index < -0.39 is 0 Å². The number of hydrogen-bond acceptors (Lipinski definition) is 3. The minimum absolute atomic E-state index is 0.227. The zero-order valence-electron chi connectivity index (χ0n) is 8.33. The molecule has 1 amide bonds. The van der Waals surface area contributed by atoms with Crippen molar-refractivity contribution in [1.29, 1.82) is 0 Å². The highest BCUT2D eigenvalue weighted by Crippen LogP contribution is 2.11. The highest BCUT2D eigenvalue weighted by molar-refractivity contribution is 5.76. The summed E-state index contributed by atoms with van der Waals surface area (Å²) in [5.74, 6) is 0.227. The van der Waals surface area contributed by atoms with Gasteiger partial charge in [0, 0.05) is 32.6 Å². The van der Waals surface area contributed by atoms with Gasteiger partial charge in [0.2, 0.25) is 5.91 Å². The molecule has 0 radical (unpaired) electrons. The molecule has 1 saturated heterocycles. The van der Waals surface area contributed by atoms with Gasteiger partial charge >= 0.3 is 0 Å². The number of hydrogen-bond donors (Lipinski definition) is 1. The molecule has 0 unspecified atom stereocenters. The third-order valence-corrected chi connectivity index (χ3v) is 2.26. The summed E-state index contributed by atoms with van der Waals surface area (Å²) < 4.78 is 0. The molecule has 1 fully saturated rings. The van der Waals surface area contributed by atoms with Gasteiger partial charge in [-0.05, 0) is 12.8 Å². The van der Waals surface area contributed by atoms with Crippen LogP contribution in [0.3, 0.4) is 0 Å². The minimum atomic E-state index is 0.227. The lowest BCUT2D eigenvalue weighted by atomic mass is 10.2. The van der Waals surface area contributed by atoms with Gasteiger partial charge in [0.05, 0.1) is 0 Å². The van der Waals surface area contributed by atoms with Crippen LogP contribution in [0.4, 0.5) is 0 Å². The molecular formula is C9H19N3O. The van der Waals surface area contributed by atoms with Gasteiger partial charge in [0.1, 0.15) is 0 Å². The molecule has 4 heteroatoms. The second-order valence-electron chi connectivity index (χ2n) is 3.36. The normalized spacial score (nSPS) is 19.5. The Morgan fingerprint density at radius 3 is 2.85 bits per heavy atom. The van der Waals surface area contributed by atoms with Crippen molar-refractivity contribution in [3.05, 3.63) is 0 Å². The summed E-state index contributed by atoms with van der Waals surface area (Å²) in [6, 6.07) is 0. The molecule has 0 bridgehead atoms. The van der Waals surface area contributed by atoms with E-state index in [1.807, 2.05) is 5.01 Å². The summed E-state index contributed by atoms with van der Waals surface area (Å²) in [5.41, 5.74) is 5.46. The molecule has 1 heterocycles. The molecule has 13 heavy (non-hydrogen) atoms. The lowest BCUT2D eigenvalue weighted by molar-refractivity contribution is -0.155. The molecular weight excluding hydrogens is 166 g/mol. The Labute approximate surface area is 79.6 Å². The van der Waals surface area contributed by atoms with Gasteiger partial charge in [-0.25, -0.2) is 5.01 Å². The highest BCUT2D eigenvalue weighted by atomic mass is 16.2. The molecule has 0 atom stereocenters. The van der Waals surface area contributed by atoms with Crippen molar-refractivity contribution in [3.63, 3.8) is 0 Å². The van der Waals surface area contributed by atoms with Gasteiger partial charge in [-0.2, -0.15) is 0 Å². The van der Waals surface area contributed by atoms with Crippen LogP contribution in [0.25, 0.3) is 0 Å². The summed E-state index contributed by atoms with van der Waals surface area (Å²) in [6.07, 6.45) is 2.74. The minimum Gasteiger partial charge on any atom is -0.329 e. The van der Waals surface area contributed by atoms with Crippen LogP contribution < -0.4 is 5.73 Å². The van der Waals surface area contributed by atoms with Crippen LogP contribution in [-0.2, 0) is 4.79 Å². The zero-order valence-corrected chi connectivity index (χ0v) is 8.33. The van der Waals surface area contributed by atoms with E-state index in [4.69, 9.17) is 5.73 Å². The third kappa shape index (κ3) is 2.67. The molecule has 0 aromatic carbocycles. The molecule has 1 rings (SSSR count). The van der Waals surface area contributed by atoms with Gasteiger partial charge in [-0.3, -0.25) is 9.80 Å². The largest absolute Gasteiger partial charge is 0.329 e. The van der Waals surface area contributed by atoms with Crippen LogP contribution in [-0.4, -0.2) is 42.1 Å². The molecule has 0 spiro atoms. The average molecular weight is 185 g/mol. The van der Waals surface area contributed by atoms with Crippen molar-refractivity contribution in [2.24, 2.45) is 5.73 Å². The monoisotopic (exact) mass is 185 g/mol. The van der Waals surface area contributed by atoms with Crippen LogP contribution in [0.1, 0.15) is 26.2 Å². The molecule has 76 valence electrons. The maximum atomic E-state index is 11.5. The zero-order chi connectivity index (χ0) is 9.68. The first-order chi connectivity index (χ1) is 6.29. The molecule has 4 nitrogen and oxygen atoms in total. The summed E-state index contributed by atoms with van der Waals surface area (Å²) in [4.78, 5) is 11.5. The van der Waals surface area contributed by atoms with E-state index in [9.17, 15) is 4.79 Å². The first-order valence-corrected chi connectivity index (χ1v) is 5.05. The molecule has 0 aromatic rings. The Morgan fingerprint density at radius 1 is 1.46 bits per heavy atom. The van der Waals surface area contributed by atoms with Gasteiger partial charge in [-0.15, -0.1) is 0 Å². The Bertz CT molecular complexity index is 170. The van der Waals surface area contributed by atoms with E-state index in [2.05, 4.69) is 11.9 Å². The molecule has 0 aliphatic carbocycles. The number of carbonyl (C=O) groups excluding carboxylic acids is 1. The van der Waals surface area contributed by atoms with Crippen molar-refractivity contribution in [3.8, 4) is 0 Å². The predicted molar refractivity (Wildman–Crippen MR) is 51.9 cm³/mol. The topological polar surface area (TPSA) is 49.6 Å². The van der Waals surface area contributed by atoms with Crippen molar-refractivity contribution in [2.45, 2.75) is 26.2 Å². The maximum absolute atomic E-state index is 11.5. The van der Waals surface area contributed by atoms with Crippen LogP contribution >= 0.6 is 0 Å². The first kappa shape index (κ1) is 10.5. The first-order valence-electron chi connectivity index (χ1n) is 5.05. The second-order valence-corrected chi connectivity index (χ2v) is 3.36. The van der Waals surface area contributed by atoms with Crippen LogP contribution in [0.2, 0.25) is 0 Å². The lowest BCUT2D eigenvalue weighted by Crippen LogP contribution is -2.52. The van der Waals surface area contributed by atoms with Crippen LogP contribution in [0.15, 0.2) is 0 Å². The van der Waals surface area contributed by atoms with Crippen molar-refractivity contribution >= 4 is 5.91 Å². The summed E-state index contributed by atoms with van der Waals surface area (Å²) in [5, 5.41) is 3.94. The summed E-state index contributed by atoms with van der Waals surface area (Å²) >= 11 is 0. The van der Waals surface area contributed by atoms with E-state index in [1.54, 1.807) is 0 Å². The number of amides is 1. The molecule has 2 N–H and O–H groups in total. The fraction of sp³-hybridized carbons (Fsp3) is 0.889. The SMILES string of the molecule is CCCN1CCCC(=O)N1CCN. The van der Waals surface area contributed by atoms with Crippen molar-refractivity contribution < 1.29 is 4.79 Å². The smallest absolute Gasteiger partial charge is 0.236 e. The van der Waals surface area contributed by atoms with Crippen molar-refractivity contribution in [2.75, 3.05) is 26.2 Å².